The van der Waals surface area contributed by atoms with Crippen LogP contribution >= 0.6 is 10.7 Å². The second-order valence-electron chi connectivity index (χ2n) is 4.82. The zero-order chi connectivity index (χ0) is 15.5. The Balaban J connectivity index is 3.09. The summed E-state index contributed by atoms with van der Waals surface area (Å²) >= 11 is 0. The Labute approximate surface area is 123 Å². The second-order valence-corrected chi connectivity index (χ2v) is 7.32. The third-order valence-electron chi connectivity index (χ3n) is 3.46. The third-order valence-corrected chi connectivity index (χ3v) is 4.85. The van der Waals surface area contributed by atoms with Gasteiger partial charge >= 0.3 is 0 Å². The quantitative estimate of drug-likeness (QED) is 0.784. The summed E-state index contributed by atoms with van der Waals surface area (Å²) in [5.41, 5.74) is 0.161. The molecule has 0 aliphatic rings. The molecule has 1 aromatic heterocycles. The van der Waals surface area contributed by atoms with E-state index in [4.69, 9.17) is 10.7 Å². The molecule has 8 heteroatoms. The molecule has 1 amide bonds. The van der Waals surface area contributed by atoms with E-state index in [1.165, 1.54) is 0 Å². The first-order valence-corrected chi connectivity index (χ1v) is 8.86. The van der Waals surface area contributed by atoms with Gasteiger partial charge in [-0.2, -0.15) is 5.10 Å². The van der Waals surface area contributed by atoms with Gasteiger partial charge in [-0.1, -0.05) is 27.2 Å². The minimum Gasteiger partial charge on any atom is -0.348 e. The van der Waals surface area contributed by atoms with Crippen LogP contribution in [0, 0.1) is 5.92 Å². The van der Waals surface area contributed by atoms with Gasteiger partial charge in [0, 0.05) is 16.7 Å². The Kier molecular flexibility index (Phi) is 5.59. The molecule has 0 fully saturated rings. The number of aromatic nitrogens is 2. The number of nitrogens with one attached hydrogen (secondary N) is 2. The summed E-state index contributed by atoms with van der Waals surface area (Å²) in [6, 6.07) is -0.0832. The monoisotopic (exact) mass is 321 g/mol. The topological polar surface area (TPSA) is 91.9 Å². The molecule has 2 unspecified atom stereocenters. The van der Waals surface area contributed by atoms with Crippen molar-refractivity contribution in [2.24, 2.45) is 5.92 Å². The highest BCUT2D eigenvalue weighted by Crippen LogP contribution is 2.23. The number of hydrogen-bond donors (Lipinski definition) is 2. The van der Waals surface area contributed by atoms with Gasteiger partial charge < -0.3 is 5.32 Å². The summed E-state index contributed by atoms with van der Waals surface area (Å²) < 4.78 is 23.2. The molecule has 0 aliphatic heterocycles. The van der Waals surface area contributed by atoms with Crippen molar-refractivity contribution in [3.05, 3.63) is 11.4 Å². The largest absolute Gasteiger partial charge is 0.348 e. The van der Waals surface area contributed by atoms with Gasteiger partial charge in [-0.15, -0.1) is 0 Å². The minimum absolute atomic E-state index is 0.0832. The van der Waals surface area contributed by atoms with Gasteiger partial charge in [-0.3, -0.25) is 9.89 Å². The Bertz CT molecular complexity index is 583. The van der Waals surface area contributed by atoms with Crippen LogP contribution in [0.1, 0.15) is 50.3 Å². The SMILES string of the molecule is CCc1[nH]nc(C(=O)NC(C)C(C)CC)c1S(=O)(=O)Cl. The van der Waals surface area contributed by atoms with Crippen molar-refractivity contribution in [2.45, 2.75) is 51.5 Å². The summed E-state index contributed by atoms with van der Waals surface area (Å²) in [6.45, 7) is 7.65. The number of amides is 1. The summed E-state index contributed by atoms with van der Waals surface area (Å²) in [5.74, 6) is -0.257. The first-order valence-electron chi connectivity index (χ1n) is 6.55. The molecular weight excluding hydrogens is 302 g/mol. The van der Waals surface area contributed by atoms with Crippen molar-refractivity contribution in [3.63, 3.8) is 0 Å². The predicted octanol–water partition coefficient (Wildman–Crippen LogP) is 2.06. The van der Waals surface area contributed by atoms with E-state index in [0.717, 1.165) is 6.42 Å². The van der Waals surface area contributed by atoms with E-state index >= 15 is 0 Å². The standard InChI is InChI=1S/C12H20ClN3O3S/c1-5-7(3)8(4)14-12(17)10-11(20(13,18)19)9(6-2)15-16-10/h7-8H,5-6H2,1-4H3,(H,14,17)(H,15,16). The number of halogens is 1. The van der Waals surface area contributed by atoms with Gasteiger partial charge in [0.1, 0.15) is 4.90 Å². The van der Waals surface area contributed by atoms with Gasteiger partial charge in [0.2, 0.25) is 0 Å². The number of aromatic amines is 1. The molecule has 2 N–H and O–H groups in total. The highest BCUT2D eigenvalue weighted by molar-refractivity contribution is 8.13. The van der Waals surface area contributed by atoms with Crippen molar-refractivity contribution < 1.29 is 13.2 Å². The Morgan fingerprint density at radius 1 is 1.40 bits per heavy atom. The van der Waals surface area contributed by atoms with Crippen molar-refractivity contribution in [1.82, 2.24) is 15.5 Å². The van der Waals surface area contributed by atoms with Crippen LogP contribution in [-0.2, 0) is 15.5 Å². The summed E-state index contributed by atoms with van der Waals surface area (Å²) in [5, 5.41) is 9.10. The molecule has 1 aromatic rings. The van der Waals surface area contributed by atoms with E-state index < -0.39 is 15.0 Å². The Morgan fingerprint density at radius 2 is 2.00 bits per heavy atom. The maximum absolute atomic E-state index is 12.2. The maximum atomic E-state index is 12.2. The fourth-order valence-electron chi connectivity index (χ4n) is 1.79. The lowest BCUT2D eigenvalue weighted by Crippen LogP contribution is -2.37. The fraction of sp³-hybridized carbons (Fsp3) is 0.667. The van der Waals surface area contributed by atoms with Crippen molar-refractivity contribution in [1.29, 1.82) is 0 Å². The van der Waals surface area contributed by atoms with Gasteiger partial charge in [-0.05, 0) is 19.3 Å². The number of aryl methyl sites for hydroxylation is 1. The number of nitrogens with zero attached hydrogens (tertiary/aromatic N) is 1. The average molecular weight is 322 g/mol. The van der Waals surface area contributed by atoms with Crippen molar-refractivity contribution in [2.75, 3.05) is 0 Å². The van der Waals surface area contributed by atoms with E-state index in [1.54, 1.807) is 6.92 Å². The fourth-order valence-corrected chi connectivity index (χ4v) is 3.15. The second kappa shape index (κ2) is 6.58. The Morgan fingerprint density at radius 3 is 2.45 bits per heavy atom. The molecule has 0 bridgehead atoms. The smallest absolute Gasteiger partial charge is 0.273 e. The van der Waals surface area contributed by atoms with E-state index in [0.29, 0.717) is 12.1 Å². The summed E-state index contributed by atoms with van der Waals surface area (Å²) in [6.07, 6.45) is 1.30. The molecule has 0 saturated heterocycles. The van der Waals surface area contributed by atoms with E-state index in [9.17, 15) is 13.2 Å². The normalized spacial score (nSPS) is 14.8. The number of H-pyrrole nitrogens is 1. The van der Waals surface area contributed by atoms with E-state index in [-0.39, 0.29) is 22.5 Å². The molecule has 0 saturated carbocycles. The number of carbonyl (C=O) groups excluding carboxylic acids is 1. The summed E-state index contributed by atoms with van der Waals surface area (Å²) in [7, 11) is 1.37. The first-order chi connectivity index (χ1) is 9.22. The lowest BCUT2D eigenvalue weighted by molar-refractivity contribution is 0.0919. The van der Waals surface area contributed by atoms with Crippen LogP contribution in [0.3, 0.4) is 0 Å². The molecule has 2 atom stereocenters. The van der Waals surface area contributed by atoms with Crippen LogP contribution in [0.2, 0.25) is 0 Å². The zero-order valence-electron chi connectivity index (χ0n) is 12.0. The van der Waals surface area contributed by atoms with Gasteiger partial charge in [0.15, 0.2) is 5.69 Å². The molecular formula is C12H20ClN3O3S. The molecule has 1 heterocycles. The van der Waals surface area contributed by atoms with Crippen LogP contribution in [-0.4, -0.2) is 30.6 Å². The molecule has 0 spiro atoms. The van der Waals surface area contributed by atoms with E-state index in [2.05, 4.69) is 15.5 Å². The maximum Gasteiger partial charge on any atom is 0.273 e. The van der Waals surface area contributed by atoms with Crippen LogP contribution in [0.15, 0.2) is 4.90 Å². The third kappa shape index (κ3) is 3.73. The molecule has 1 rings (SSSR count). The molecule has 0 aromatic carbocycles. The summed E-state index contributed by atoms with van der Waals surface area (Å²) in [4.78, 5) is 11.9. The van der Waals surface area contributed by atoms with Crippen molar-refractivity contribution in [3.8, 4) is 0 Å². The van der Waals surface area contributed by atoms with Gasteiger partial charge in [-0.25, -0.2) is 8.42 Å². The number of rotatable bonds is 6. The molecule has 114 valence electrons. The van der Waals surface area contributed by atoms with E-state index in [1.807, 2.05) is 20.8 Å². The van der Waals surface area contributed by atoms with Crippen LogP contribution in [0.5, 0.6) is 0 Å². The molecule has 20 heavy (non-hydrogen) atoms. The van der Waals surface area contributed by atoms with Gasteiger partial charge in [0.05, 0.1) is 5.69 Å². The van der Waals surface area contributed by atoms with Gasteiger partial charge in [0.25, 0.3) is 15.0 Å². The lowest BCUT2D eigenvalue weighted by atomic mass is 10.0. The van der Waals surface area contributed by atoms with Crippen LogP contribution < -0.4 is 5.32 Å². The molecule has 0 aliphatic carbocycles. The zero-order valence-corrected chi connectivity index (χ0v) is 13.6. The molecule has 0 radical (unpaired) electrons. The van der Waals surface area contributed by atoms with Crippen molar-refractivity contribution >= 4 is 25.6 Å². The predicted molar refractivity (Wildman–Crippen MR) is 77.4 cm³/mol. The lowest BCUT2D eigenvalue weighted by Gasteiger charge is -2.19. The number of carbonyl (C=O) groups is 1. The minimum atomic E-state index is -4.02. The highest BCUT2D eigenvalue weighted by atomic mass is 35.7. The first kappa shape index (κ1) is 17.0. The average Bonchev–Trinajstić information content (AvgIpc) is 2.81. The Hall–Kier alpha value is -1.08. The number of hydrogen-bond acceptors (Lipinski definition) is 4. The highest BCUT2D eigenvalue weighted by Gasteiger charge is 2.28. The van der Waals surface area contributed by atoms with Crippen LogP contribution in [0.25, 0.3) is 0 Å². The van der Waals surface area contributed by atoms with Crippen LogP contribution in [0.4, 0.5) is 0 Å². The molecule has 6 nitrogen and oxygen atoms in total.